The number of aryl methyl sites for hydroxylation is 1. The summed E-state index contributed by atoms with van der Waals surface area (Å²) < 4.78 is 5.59. The van der Waals surface area contributed by atoms with Gasteiger partial charge in [-0.1, -0.05) is 26.0 Å². The van der Waals surface area contributed by atoms with E-state index in [0.717, 1.165) is 66.2 Å². The van der Waals surface area contributed by atoms with Crippen molar-refractivity contribution in [3.05, 3.63) is 84.1 Å². The van der Waals surface area contributed by atoms with Gasteiger partial charge in [-0.2, -0.15) is 0 Å². The van der Waals surface area contributed by atoms with Gasteiger partial charge in [0.05, 0.1) is 24.3 Å². The fraction of sp³-hybridized carbons (Fsp3) is 0.323. The molecule has 0 aliphatic heterocycles. The zero-order valence-electron chi connectivity index (χ0n) is 22.5. The van der Waals surface area contributed by atoms with Crippen LogP contribution in [0.25, 0.3) is 11.0 Å². The van der Waals surface area contributed by atoms with Gasteiger partial charge in [-0.3, -0.25) is 9.78 Å². The van der Waals surface area contributed by atoms with Crippen molar-refractivity contribution in [2.75, 3.05) is 37.4 Å². The summed E-state index contributed by atoms with van der Waals surface area (Å²) >= 11 is 0. The van der Waals surface area contributed by atoms with E-state index < -0.39 is 0 Å². The monoisotopic (exact) mass is 511 g/mol. The topological polar surface area (TPSA) is 79.4 Å². The lowest BCUT2D eigenvalue weighted by Crippen LogP contribution is -2.26. The average molecular weight is 512 g/mol. The van der Waals surface area contributed by atoms with E-state index >= 15 is 0 Å². The van der Waals surface area contributed by atoms with Crippen molar-refractivity contribution in [1.82, 2.24) is 14.9 Å². The minimum Gasteiger partial charge on any atom is -0.496 e. The Balaban J connectivity index is 1.37. The largest absolute Gasteiger partial charge is 0.496 e. The Hall–Kier alpha value is -3.97. The molecule has 38 heavy (non-hydrogen) atoms. The predicted molar refractivity (Wildman–Crippen MR) is 156 cm³/mol. The van der Waals surface area contributed by atoms with Crippen molar-refractivity contribution in [2.45, 2.75) is 39.5 Å². The number of aromatic nitrogens is 2. The molecule has 198 valence electrons. The first kappa shape index (κ1) is 27.1. The van der Waals surface area contributed by atoms with Crippen molar-refractivity contribution in [3.63, 3.8) is 0 Å². The highest BCUT2D eigenvalue weighted by Gasteiger charge is 2.11. The van der Waals surface area contributed by atoms with Crippen LogP contribution >= 0.6 is 0 Å². The van der Waals surface area contributed by atoms with Gasteiger partial charge in [0.15, 0.2) is 0 Å². The molecule has 0 aliphatic carbocycles. The SMILES string of the molecule is CCCN(CCC)CCCc1cc(NC(=O)c2ccc(Nc3cnc4ccccc4n3)cc2)ccc1OC. The van der Waals surface area contributed by atoms with Gasteiger partial charge in [-0.25, -0.2) is 4.98 Å². The van der Waals surface area contributed by atoms with Gasteiger partial charge in [-0.15, -0.1) is 0 Å². The number of ether oxygens (including phenoxy) is 1. The molecule has 0 bridgehead atoms. The lowest BCUT2D eigenvalue weighted by Gasteiger charge is -2.21. The van der Waals surface area contributed by atoms with Crippen LogP contribution in [0, 0.1) is 0 Å². The Labute approximate surface area is 225 Å². The molecule has 7 nitrogen and oxygen atoms in total. The van der Waals surface area contributed by atoms with Gasteiger partial charge in [0.25, 0.3) is 5.91 Å². The van der Waals surface area contributed by atoms with E-state index in [2.05, 4.69) is 39.3 Å². The number of rotatable bonds is 13. The number of methoxy groups -OCH3 is 1. The number of hydrogen-bond donors (Lipinski definition) is 2. The summed E-state index contributed by atoms with van der Waals surface area (Å²) in [5, 5.41) is 6.28. The highest BCUT2D eigenvalue weighted by molar-refractivity contribution is 6.04. The Morgan fingerprint density at radius 3 is 2.32 bits per heavy atom. The van der Waals surface area contributed by atoms with Gasteiger partial charge in [0.1, 0.15) is 11.6 Å². The van der Waals surface area contributed by atoms with E-state index in [4.69, 9.17) is 4.74 Å². The van der Waals surface area contributed by atoms with E-state index in [1.807, 2.05) is 54.6 Å². The molecule has 0 aliphatic rings. The number of benzene rings is 3. The number of nitrogens with one attached hydrogen (secondary N) is 2. The lowest BCUT2D eigenvalue weighted by atomic mass is 10.1. The Bertz CT molecular complexity index is 1330. The highest BCUT2D eigenvalue weighted by atomic mass is 16.5. The second-order valence-electron chi connectivity index (χ2n) is 9.37. The van der Waals surface area contributed by atoms with E-state index in [1.165, 1.54) is 12.8 Å². The molecule has 0 saturated heterocycles. The molecule has 7 heteroatoms. The summed E-state index contributed by atoms with van der Waals surface area (Å²) in [5.74, 6) is 1.35. The first-order valence-corrected chi connectivity index (χ1v) is 13.4. The number of para-hydroxylation sites is 2. The molecule has 0 saturated carbocycles. The van der Waals surface area contributed by atoms with Crippen LogP contribution in [0.2, 0.25) is 0 Å². The molecule has 0 unspecified atom stereocenters. The number of nitrogens with zero attached hydrogens (tertiary/aromatic N) is 3. The summed E-state index contributed by atoms with van der Waals surface area (Å²) in [6.45, 7) is 7.77. The van der Waals surface area contributed by atoms with Gasteiger partial charge in [0, 0.05) is 16.9 Å². The second-order valence-corrected chi connectivity index (χ2v) is 9.37. The minimum absolute atomic E-state index is 0.157. The molecule has 1 heterocycles. The second kappa shape index (κ2) is 13.5. The summed E-state index contributed by atoms with van der Waals surface area (Å²) in [5.41, 5.74) is 4.95. The third kappa shape index (κ3) is 7.29. The van der Waals surface area contributed by atoms with Crippen LogP contribution in [-0.4, -0.2) is 47.5 Å². The predicted octanol–water partition coefficient (Wildman–Crippen LogP) is 6.69. The molecule has 2 N–H and O–H groups in total. The maximum absolute atomic E-state index is 13.0. The molecule has 1 amide bonds. The van der Waals surface area contributed by atoms with Crippen LogP contribution in [0.1, 0.15) is 49.0 Å². The van der Waals surface area contributed by atoms with Gasteiger partial charge >= 0.3 is 0 Å². The van der Waals surface area contributed by atoms with E-state index in [1.54, 1.807) is 25.4 Å². The molecule has 1 aromatic heterocycles. The maximum Gasteiger partial charge on any atom is 0.255 e. The Morgan fingerprint density at radius 2 is 1.61 bits per heavy atom. The van der Waals surface area contributed by atoms with Crippen molar-refractivity contribution < 1.29 is 9.53 Å². The summed E-state index contributed by atoms with van der Waals surface area (Å²) in [6.07, 6.45) is 5.98. The zero-order valence-corrected chi connectivity index (χ0v) is 22.5. The Morgan fingerprint density at radius 1 is 0.895 bits per heavy atom. The van der Waals surface area contributed by atoms with Gasteiger partial charge in [0.2, 0.25) is 0 Å². The van der Waals surface area contributed by atoms with E-state index in [0.29, 0.717) is 11.4 Å². The number of fused-ring (bicyclic) bond motifs is 1. The number of amides is 1. The quantitative estimate of drug-likeness (QED) is 0.208. The minimum atomic E-state index is -0.157. The molecule has 3 aromatic carbocycles. The summed E-state index contributed by atoms with van der Waals surface area (Å²) in [4.78, 5) is 24.5. The number of carbonyl (C=O) groups excluding carboxylic acids is 1. The fourth-order valence-electron chi connectivity index (χ4n) is 4.59. The lowest BCUT2D eigenvalue weighted by molar-refractivity contribution is 0.102. The Kier molecular flexibility index (Phi) is 9.65. The number of hydrogen-bond acceptors (Lipinski definition) is 6. The average Bonchev–Trinajstić information content (AvgIpc) is 2.94. The van der Waals surface area contributed by atoms with Crippen molar-refractivity contribution in [1.29, 1.82) is 0 Å². The highest BCUT2D eigenvalue weighted by Crippen LogP contribution is 2.25. The molecule has 4 rings (SSSR count). The van der Waals surface area contributed by atoms with Crippen molar-refractivity contribution in [3.8, 4) is 5.75 Å². The van der Waals surface area contributed by atoms with Crippen LogP contribution < -0.4 is 15.4 Å². The molecular formula is C31H37N5O2. The first-order valence-electron chi connectivity index (χ1n) is 13.4. The zero-order chi connectivity index (χ0) is 26.7. The van der Waals surface area contributed by atoms with Crippen LogP contribution in [0.3, 0.4) is 0 Å². The van der Waals surface area contributed by atoms with Crippen LogP contribution in [0.4, 0.5) is 17.2 Å². The smallest absolute Gasteiger partial charge is 0.255 e. The van der Waals surface area contributed by atoms with Crippen LogP contribution in [-0.2, 0) is 6.42 Å². The van der Waals surface area contributed by atoms with Gasteiger partial charge in [-0.05, 0) is 105 Å². The molecule has 0 radical (unpaired) electrons. The molecular weight excluding hydrogens is 474 g/mol. The number of anilines is 3. The van der Waals surface area contributed by atoms with Crippen LogP contribution in [0.15, 0.2) is 72.9 Å². The molecule has 0 fully saturated rings. The molecule has 4 aromatic rings. The maximum atomic E-state index is 13.0. The van der Waals surface area contributed by atoms with Crippen LogP contribution in [0.5, 0.6) is 5.75 Å². The summed E-state index contributed by atoms with van der Waals surface area (Å²) in [6, 6.07) is 20.9. The summed E-state index contributed by atoms with van der Waals surface area (Å²) in [7, 11) is 1.69. The fourth-order valence-corrected chi connectivity index (χ4v) is 4.59. The van der Waals surface area contributed by atoms with E-state index in [-0.39, 0.29) is 5.91 Å². The standard InChI is InChI=1S/C31H37N5O2/c1-4-18-36(19-5-2)20-8-9-24-21-26(16-17-29(24)38-3)34-31(37)23-12-14-25(15-13-23)33-30-22-32-27-10-6-7-11-28(27)35-30/h6-7,10-17,21-22H,4-5,8-9,18-20H2,1-3H3,(H,33,35)(H,34,37). The third-order valence-corrected chi connectivity index (χ3v) is 6.41. The number of carbonyl (C=O) groups is 1. The molecule has 0 spiro atoms. The molecule has 0 atom stereocenters. The normalized spacial score (nSPS) is 11.1. The first-order chi connectivity index (χ1) is 18.6. The van der Waals surface area contributed by atoms with Gasteiger partial charge < -0.3 is 20.3 Å². The third-order valence-electron chi connectivity index (χ3n) is 6.41. The van der Waals surface area contributed by atoms with E-state index in [9.17, 15) is 4.79 Å². The van der Waals surface area contributed by atoms with Crippen molar-refractivity contribution >= 4 is 34.1 Å². The van der Waals surface area contributed by atoms with Crippen molar-refractivity contribution in [2.24, 2.45) is 0 Å².